The number of hydrogen-bond acceptors (Lipinski definition) is 1. The summed E-state index contributed by atoms with van der Waals surface area (Å²) in [5.41, 5.74) is 0. The van der Waals surface area contributed by atoms with Crippen molar-refractivity contribution >= 4 is 38.9 Å². The third-order valence-corrected chi connectivity index (χ3v) is 5.73. The molecule has 3 heteroatoms. The Labute approximate surface area is 109 Å². The largest absolute Gasteiger partial charge is 0.148 e. The Hall–Kier alpha value is 0.470. The van der Waals surface area contributed by atoms with Gasteiger partial charge in [0.05, 0.1) is 0 Å². The molecule has 2 atom stereocenters. The van der Waals surface area contributed by atoms with E-state index in [0.29, 0.717) is 11.3 Å². The molecule has 1 aromatic heterocycles. The van der Waals surface area contributed by atoms with Crippen molar-refractivity contribution in [3.63, 3.8) is 0 Å². The first-order valence-electron chi connectivity index (χ1n) is 5.63. The molecule has 2 rings (SSSR count). The molecule has 15 heavy (non-hydrogen) atoms. The van der Waals surface area contributed by atoms with Crippen LogP contribution >= 0.6 is 38.9 Å². The molecule has 0 aromatic carbocycles. The van der Waals surface area contributed by atoms with Crippen LogP contribution in [0.3, 0.4) is 0 Å². The Morgan fingerprint density at radius 2 is 2.13 bits per heavy atom. The van der Waals surface area contributed by atoms with Crippen LogP contribution in [0.2, 0.25) is 0 Å². The number of rotatable bonds is 2. The van der Waals surface area contributed by atoms with Gasteiger partial charge in [-0.25, -0.2) is 0 Å². The minimum Gasteiger partial charge on any atom is -0.148 e. The van der Waals surface area contributed by atoms with E-state index in [1.165, 1.54) is 41.5 Å². The molecule has 2 unspecified atom stereocenters. The van der Waals surface area contributed by atoms with Gasteiger partial charge in [0, 0.05) is 14.7 Å². The number of hydrogen-bond donors (Lipinski definition) is 0. The lowest BCUT2D eigenvalue weighted by Crippen LogP contribution is -2.15. The van der Waals surface area contributed by atoms with E-state index in [9.17, 15) is 0 Å². The van der Waals surface area contributed by atoms with Gasteiger partial charge in [0.1, 0.15) is 0 Å². The molecular formula is C12H16BrClS. The lowest BCUT2D eigenvalue weighted by Gasteiger charge is -2.18. The van der Waals surface area contributed by atoms with E-state index >= 15 is 0 Å². The summed E-state index contributed by atoms with van der Waals surface area (Å²) in [4.78, 5) is 1.47. The molecule has 0 nitrogen and oxygen atoms in total. The summed E-state index contributed by atoms with van der Waals surface area (Å²) in [6.07, 6.45) is 7.71. The molecule has 84 valence electrons. The summed E-state index contributed by atoms with van der Waals surface area (Å²) < 4.78 is 1.26. The van der Waals surface area contributed by atoms with Gasteiger partial charge in [0.15, 0.2) is 0 Å². The zero-order valence-electron chi connectivity index (χ0n) is 8.72. The van der Waals surface area contributed by atoms with Crippen LogP contribution in [0, 0.1) is 5.92 Å². The van der Waals surface area contributed by atoms with Crippen LogP contribution in [0.5, 0.6) is 0 Å². The fraction of sp³-hybridized carbons (Fsp3) is 0.667. The molecule has 0 radical (unpaired) electrons. The lowest BCUT2D eigenvalue weighted by molar-refractivity contribution is 0.467. The van der Waals surface area contributed by atoms with Crippen LogP contribution in [-0.2, 0) is 6.42 Å². The highest BCUT2D eigenvalue weighted by Gasteiger charge is 2.22. The zero-order chi connectivity index (χ0) is 10.7. The molecule has 1 heterocycles. The SMILES string of the molecule is ClC1CCCCCC1Cc1sccc1Br. The molecule has 0 amide bonds. The number of halogens is 2. The summed E-state index contributed by atoms with van der Waals surface area (Å²) in [6.45, 7) is 0. The van der Waals surface area contributed by atoms with Gasteiger partial charge >= 0.3 is 0 Å². The minimum atomic E-state index is 0.390. The van der Waals surface area contributed by atoms with E-state index in [0.717, 1.165) is 6.42 Å². The van der Waals surface area contributed by atoms with E-state index in [-0.39, 0.29) is 0 Å². The predicted octanol–water partition coefficient (Wildman–Crippen LogP) is 5.24. The Balaban J connectivity index is 2.00. The van der Waals surface area contributed by atoms with Crippen molar-refractivity contribution in [3.05, 3.63) is 20.8 Å². The van der Waals surface area contributed by atoms with Gasteiger partial charge in [0.25, 0.3) is 0 Å². The zero-order valence-corrected chi connectivity index (χ0v) is 11.9. The molecule has 0 N–H and O–H groups in total. The third-order valence-electron chi connectivity index (χ3n) is 3.20. The van der Waals surface area contributed by atoms with Crippen LogP contribution in [-0.4, -0.2) is 5.38 Å². The van der Waals surface area contributed by atoms with Crippen molar-refractivity contribution in [2.75, 3.05) is 0 Å². The summed E-state index contributed by atoms with van der Waals surface area (Å²) in [5.74, 6) is 0.684. The van der Waals surface area contributed by atoms with Crippen molar-refractivity contribution in [1.29, 1.82) is 0 Å². The van der Waals surface area contributed by atoms with Crippen LogP contribution in [0.4, 0.5) is 0 Å². The fourth-order valence-electron chi connectivity index (χ4n) is 2.28. The second-order valence-corrected chi connectivity index (χ2v) is 6.73. The van der Waals surface area contributed by atoms with Crippen molar-refractivity contribution in [3.8, 4) is 0 Å². The van der Waals surface area contributed by atoms with Crippen LogP contribution in [0.15, 0.2) is 15.9 Å². The van der Waals surface area contributed by atoms with E-state index < -0.39 is 0 Å². The quantitative estimate of drug-likeness (QED) is 0.518. The first kappa shape index (κ1) is 11.9. The topological polar surface area (TPSA) is 0 Å². The minimum absolute atomic E-state index is 0.390. The first-order chi connectivity index (χ1) is 7.27. The summed E-state index contributed by atoms with van der Waals surface area (Å²) in [7, 11) is 0. The van der Waals surface area contributed by atoms with Gasteiger partial charge in [-0.3, -0.25) is 0 Å². The van der Waals surface area contributed by atoms with Crippen molar-refractivity contribution in [2.45, 2.75) is 43.9 Å². The van der Waals surface area contributed by atoms with Gasteiger partial charge in [-0.15, -0.1) is 22.9 Å². The van der Waals surface area contributed by atoms with Crippen LogP contribution in [0.25, 0.3) is 0 Å². The normalized spacial score (nSPS) is 27.6. The highest BCUT2D eigenvalue weighted by Crippen LogP contribution is 2.33. The van der Waals surface area contributed by atoms with Gasteiger partial charge in [-0.2, -0.15) is 0 Å². The summed E-state index contributed by atoms with van der Waals surface area (Å²) in [5, 5.41) is 2.54. The number of thiophene rings is 1. The van der Waals surface area contributed by atoms with Crippen molar-refractivity contribution < 1.29 is 0 Å². The molecule has 1 aromatic rings. The van der Waals surface area contributed by atoms with Gasteiger partial charge in [-0.05, 0) is 52.6 Å². The maximum atomic E-state index is 6.45. The van der Waals surface area contributed by atoms with Gasteiger partial charge in [-0.1, -0.05) is 19.3 Å². The molecule has 1 aliphatic carbocycles. The monoisotopic (exact) mass is 306 g/mol. The standard InChI is InChI=1S/C12H16BrClS/c13-10-6-7-15-12(10)8-9-4-2-1-3-5-11(9)14/h6-7,9,11H,1-5,8H2. The van der Waals surface area contributed by atoms with E-state index in [4.69, 9.17) is 11.6 Å². The Morgan fingerprint density at radius 3 is 2.87 bits per heavy atom. The molecule has 0 bridgehead atoms. The molecule has 1 aliphatic rings. The summed E-state index contributed by atoms with van der Waals surface area (Å²) in [6, 6.07) is 2.14. The second kappa shape index (κ2) is 5.70. The van der Waals surface area contributed by atoms with Crippen LogP contribution in [0.1, 0.15) is 37.0 Å². The van der Waals surface area contributed by atoms with Crippen molar-refractivity contribution in [2.24, 2.45) is 5.92 Å². The maximum Gasteiger partial charge on any atom is 0.0367 e. The highest BCUT2D eigenvalue weighted by atomic mass is 79.9. The first-order valence-corrected chi connectivity index (χ1v) is 7.74. The van der Waals surface area contributed by atoms with E-state index in [1.54, 1.807) is 0 Å². The third kappa shape index (κ3) is 3.21. The highest BCUT2D eigenvalue weighted by molar-refractivity contribution is 9.10. The van der Waals surface area contributed by atoms with Gasteiger partial charge in [0.2, 0.25) is 0 Å². The molecular weight excluding hydrogens is 292 g/mol. The average Bonchev–Trinajstić information content (AvgIpc) is 2.50. The van der Waals surface area contributed by atoms with Crippen molar-refractivity contribution in [1.82, 2.24) is 0 Å². The molecule has 0 aliphatic heterocycles. The smallest absolute Gasteiger partial charge is 0.0367 e. The Kier molecular flexibility index (Phi) is 4.53. The Morgan fingerprint density at radius 1 is 1.33 bits per heavy atom. The lowest BCUT2D eigenvalue weighted by atomic mass is 9.95. The van der Waals surface area contributed by atoms with Gasteiger partial charge < -0.3 is 0 Å². The van der Waals surface area contributed by atoms with E-state index in [2.05, 4.69) is 27.4 Å². The maximum absolute atomic E-state index is 6.45. The molecule has 1 fully saturated rings. The predicted molar refractivity (Wildman–Crippen MR) is 71.9 cm³/mol. The molecule has 1 saturated carbocycles. The van der Waals surface area contributed by atoms with Crippen LogP contribution < -0.4 is 0 Å². The average molecular weight is 308 g/mol. The molecule has 0 spiro atoms. The second-order valence-electron chi connectivity index (χ2n) is 4.31. The molecule has 0 saturated heterocycles. The Bertz CT molecular complexity index is 310. The number of alkyl halides is 1. The van der Waals surface area contributed by atoms with E-state index in [1.807, 2.05) is 11.3 Å². The fourth-order valence-corrected chi connectivity index (χ4v) is 4.26. The summed E-state index contributed by atoms with van der Waals surface area (Å²) >= 11 is 11.9.